The molecule has 1 heterocycles. The largest absolute Gasteiger partial charge is 0.464 e. The lowest BCUT2D eigenvalue weighted by Gasteiger charge is -2.37. The molecule has 0 bridgehead atoms. The van der Waals surface area contributed by atoms with Crippen LogP contribution in [0.15, 0.2) is 0 Å². The quantitative estimate of drug-likeness (QED) is 0.186. The second kappa shape index (κ2) is 11.7. The zero-order valence-electron chi connectivity index (χ0n) is 16.3. The van der Waals surface area contributed by atoms with Crippen molar-refractivity contribution in [1.82, 2.24) is 5.32 Å². The number of hydrogen-bond donors (Lipinski definition) is 1. The van der Waals surface area contributed by atoms with E-state index in [0.717, 1.165) is 25.9 Å². The summed E-state index contributed by atoms with van der Waals surface area (Å²) in [6.07, 6.45) is 1.85. The van der Waals surface area contributed by atoms with Crippen LogP contribution in [0.3, 0.4) is 0 Å². The summed E-state index contributed by atoms with van der Waals surface area (Å²) < 4.78 is 15.5. The van der Waals surface area contributed by atoms with Crippen molar-refractivity contribution < 1.29 is 28.6 Å². The van der Waals surface area contributed by atoms with Gasteiger partial charge in [0.2, 0.25) is 0 Å². The monoisotopic (exact) mass is 609 g/mol. The Bertz CT molecular complexity index is 494. The molecule has 156 valence electrons. The van der Waals surface area contributed by atoms with Crippen molar-refractivity contribution in [1.29, 1.82) is 0 Å². The first-order chi connectivity index (χ1) is 12.5. The smallest absolute Gasteiger partial charge is 0.318 e. The third-order valence-corrected chi connectivity index (χ3v) is 5.54. The van der Waals surface area contributed by atoms with Crippen LogP contribution in [0.5, 0.6) is 0 Å². The minimum atomic E-state index is -0.843. The van der Waals surface area contributed by atoms with Crippen LogP contribution in [0.25, 0.3) is 0 Å². The first-order valence-corrected chi connectivity index (χ1v) is 11.6. The molecule has 0 aromatic carbocycles. The molecule has 1 N–H and O–H groups in total. The highest BCUT2D eigenvalue weighted by Crippen LogP contribution is 2.30. The van der Waals surface area contributed by atoms with E-state index in [1.54, 1.807) is 13.8 Å². The van der Waals surface area contributed by atoms with Crippen LogP contribution in [0.2, 0.25) is 0 Å². The van der Waals surface area contributed by atoms with Crippen LogP contribution >= 0.6 is 45.2 Å². The van der Waals surface area contributed by atoms with Gasteiger partial charge < -0.3 is 19.5 Å². The Morgan fingerprint density at radius 3 is 1.81 bits per heavy atom. The number of halogens is 2. The van der Waals surface area contributed by atoms with Crippen LogP contribution in [0.4, 0.5) is 0 Å². The topological polar surface area (TPSA) is 90.9 Å². The molecule has 1 aliphatic rings. The van der Waals surface area contributed by atoms with Gasteiger partial charge in [0, 0.05) is 5.92 Å². The lowest BCUT2D eigenvalue weighted by atomic mass is 9.83. The zero-order chi connectivity index (χ0) is 20.6. The molecule has 0 spiro atoms. The molecule has 7 nitrogen and oxygen atoms in total. The summed E-state index contributed by atoms with van der Waals surface area (Å²) >= 11 is 3.88. The van der Waals surface area contributed by atoms with Gasteiger partial charge in [-0.05, 0) is 53.6 Å². The van der Waals surface area contributed by atoms with E-state index in [4.69, 9.17) is 14.2 Å². The van der Waals surface area contributed by atoms with Gasteiger partial charge >= 0.3 is 17.9 Å². The van der Waals surface area contributed by atoms with Gasteiger partial charge in [0.25, 0.3) is 0 Å². The van der Waals surface area contributed by atoms with Gasteiger partial charge in [-0.1, -0.05) is 45.2 Å². The molecule has 1 aliphatic heterocycles. The van der Waals surface area contributed by atoms with E-state index in [-0.39, 0.29) is 27.0 Å². The van der Waals surface area contributed by atoms with Gasteiger partial charge in [0.05, 0.1) is 0 Å². The Morgan fingerprint density at radius 2 is 1.41 bits per heavy atom. The number of carbonyl (C=O) groups is 3. The third kappa shape index (κ3) is 8.80. The van der Waals surface area contributed by atoms with E-state index < -0.39 is 29.4 Å². The summed E-state index contributed by atoms with van der Waals surface area (Å²) in [5.41, 5.74) is -0.640. The molecule has 1 fully saturated rings. The van der Waals surface area contributed by atoms with Crippen molar-refractivity contribution in [2.45, 2.75) is 54.0 Å². The van der Waals surface area contributed by atoms with Gasteiger partial charge in [-0.15, -0.1) is 0 Å². The molecule has 9 heteroatoms. The van der Waals surface area contributed by atoms with Crippen molar-refractivity contribution in [3.63, 3.8) is 0 Å². The lowest BCUT2D eigenvalue weighted by molar-refractivity contribution is -0.174. The average Bonchev–Trinajstić information content (AvgIpc) is 2.61. The van der Waals surface area contributed by atoms with Crippen LogP contribution in [0, 0.1) is 11.8 Å². The number of piperidine rings is 1. The molecule has 2 unspecified atom stereocenters. The van der Waals surface area contributed by atoms with Crippen molar-refractivity contribution in [2.75, 3.05) is 26.3 Å². The molecule has 0 saturated carbocycles. The van der Waals surface area contributed by atoms with Gasteiger partial charge in [-0.2, -0.15) is 0 Å². The Balaban J connectivity index is 2.74. The van der Waals surface area contributed by atoms with E-state index >= 15 is 0 Å². The normalized spacial score (nSPS) is 18.9. The first-order valence-electron chi connectivity index (χ1n) is 9.09. The first kappa shape index (κ1) is 24.9. The second-order valence-corrected chi connectivity index (χ2v) is 11.0. The van der Waals surface area contributed by atoms with E-state index in [1.807, 2.05) is 59.0 Å². The van der Waals surface area contributed by atoms with Crippen molar-refractivity contribution in [3.8, 4) is 0 Å². The number of ether oxygens (including phenoxy) is 3. The molecule has 0 aromatic heterocycles. The molecule has 0 radical (unpaired) electrons. The van der Waals surface area contributed by atoms with Gasteiger partial charge in [0.1, 0.15) is 32.6 Å². The zero-order valence-corrected chi connectivity index (χ0v) is 20.6. The van der Waals surface area contributed by atoms with Crippen molar-refractivity contribution in [3.05, 3.63) is 0 Å². The van der Waals surface area contributed by atoms with Crippen LogP contribution in [-0.2, 0) is 28.6 Å². The fourth-order valence-electron chi connectivity index (χ4n) is 2.72. The molecule has 1 rings (SSSR count). The number of carbonyl (C=O) groups excluding carboxylic acids is 3. The van der Waals surface area contributed by atoms with Gasteiger partial charge in [-0.3, -0.25) is 14.4 Å². The Labute approximate surface area is 188 Å². The van der Waals surface area contributed by atoms with Gasteiger partial charge in [-0.25, -0.2) is 0 Å². The van der Waals surface area contributed by atoms with E-state index in [2.05, 4.69) is 5.32 Å². The van der Waals surface area contributed by atoms with Gasteiger partial charge in [0.15, 0.2) is 0 Å². The number of esters is 3. The maximum absolute atomic E-state index is 12.7. The maximum Gasteiger partial charge on any atom is 0.318 e. The van der Waals surface area contributed by atoms with Crippen LogP contribution in [0.1, 0.15) is 40.5 Å². The minimum Gasteiger partial charge on any atom is -0.464 e. The summed E-state index contributed by atoms with van der Waals surface area (Å²) in [6, 6.07) is 0. The molecular formula is C18H29I2NO6. The van der Waals surface area contributed by atoms with Crippen LogP contribution < -0.4 is 5.32 Å². The maximum atomic E-state index is 12.7. The summed E-state index contributed by atoms with van der Waals surface area (Å²) in [4.78, 5) is 36.2. The average molecular weight is 609 g/mol. The highest BCUT2D eigenvalue weighted by Gasteiger charge is 2.37. The standard InChI is InChI=1S/C18H29I2NO6/c1-11(19)15(22)25-9-13(10-26-16(23)12(2)20)17(24)27-18(3,4)14-5-7-21-8-6-14/h11-14,21H,5-10H2,1-4H3. The fraction of sp³-hybridized carbons (Fsp3) is 0.833. The Kier molecular flexibility index (Phi) is 10.8. The number of nitrogens with one attached hydrogen (secondary N) is 1. The van der Waals surface area contributed by atoms with Crippen molar-refractivity contribution in [2.24, 2.45) is 11.8 Å². The molecular weight excluding hydrogens is 580 g/mol. The van der Waals surface area contributed by atoms with E-state index in [0.29, 0.717) is 0 Å². The molecule has 0 aliphatic carbocycles. The van der Waals surface area contributed by atoms with E-state index in [9.17, 15) is 14.4 Å². The van der Waals surface area contributed by atoms with E-state index in [1.165, 1.54) is 0 Å². The summed E-state index contributed by atoms with van der Waals surface area (Å²) in [7, 11) is 0. The minimum absolute atomic E-state index is 0.170. The summed E-state index contributed by atoms with van der Waals surface area (Å²) in [5.74, 6) is -1.94. The number of hydrogen-bond acceptors (Lipinski definition) is 7. The Hall–Kier alpha value is -0.170. The third-order valence-electron chi connectivity index (χ3n) is 4.52. The SMILES string of the molecule is CC(I)C(=O)OCC(COC(=O)C(C)I)C(=O)OC(C)(C)C1CCNCC1. The lowest BCUT2D eigenvalue weighted by Crippen LogP contribution is -2.45. The number of rotatable bonds is 9. The molecule has 0 amide bonds. The molecule has 1 saturated heterocycles. The summed E-state index contributed by atoms with van der Waals surface area (Å²) in [6.45, 7) is 8.65. The number of alkyl halides is 2. The Morgan fingerprint density at radius 1 is 0.963 bits per heavy atom. The molecule has 2 atom stereocenters. The second-order valence-electron chi connectivity index (χ2n) is 7.24. The summed E-state index contributed by atoms with van der Waals surface area (Å²) in [5, 5.41) is 3.29. The highest BCUT2D eigenvalue weighted by atomic mass is 127. The predicted molar refractivity (Wildman–Crippen MR) is 118 cm³/mol. The highest BCUT2D eigenvalue weighted by molar-refractivity contribution is 14.1. The predicted octanol–water partition coefficient (Wildman–Crippen LogP) is 2.66. The van der Waals surface area contributed by atoms with Crippen molar-refractivity contribution >= 4 is 63.1 Å². The fourth-order valence-corrected chi connectivity index (χ4v) is 3.08. The van der Waals surface area contributed by atoms with Crippen LogP contribution in [-0.4, -0.2) is 57.7 Å². The molecule has 0 aromatic rings. The molecule has 27 heavy (non-hydrogen) atoms.